The number of thioether (sulfide) groups is 1. The van der Waals surface area contributed by atoms with Crippen LogP contribution in [0.15, 0.2) is 27.8 Å². The van der Waals surface area contributed by atoms with Gasteiger partial charge in [-0.1, -0.05) is 11.8 Å². The highest BCUT2D eigenvalue weighted by atomic mass is 32.2. The molecule has 0 atom stereocenters. The molecule has 1 fully saturated rings. The van der Waals surface area contributed by atoms with Crippen molar-refractivity contribution in [2.45, 2.75) is 24.4 Å². The number of anilines is 1. The van der Waals surface area contributed by atoms with E-state index in [0.29, 0.717) is 29.8 Å². The lowest BCUT2D eigenvalue weighted by atomic mass is 10.3. The number of carbonyl (C=O) groups is 1. The summed E-state index contributed by atoms with van der Waals surface area (Å²) in [7, 11) is 5.56. The first-order valence-electron chi connectivity index (χ1n) is 9.77. The summed E-state index contributed by atoms with van der Waals surface area (Å²) in [6.45, 7) is 6.93. The third-order valence-corrected chi connectivity index (χ3v) is 5.77. The highest BCUT2D eigenvalue weighted by Gasteiger charge is 2.18. The van der Waals surface area contributed by atoms with E-state index >= 15 is 0 Å². The van der Waals surface area contributed by atoms with Gasteiger partial charge in [0, 0.05) is 52.9 Å². The fourth-order valence-corrected chi connectivity index (χ4v) is 3.75. The van der Waals surface area contributed by atoms with Crippen molar-refractivity contribution in [3.8, 4) is 0 Å². The van der Waals surface area contributed by atoms with Crippen molar-refractivity contribution in [1.82, 2.24) is 19.8 Å². The Morgan fingerprint density at radius 1 is 1.28 bits per heavy atom. The molecule has 0 radical (unpaired) electrons. The maximum Gasteiger partial charge on any atom is 0.289 e. The second-order valence-electron chi connectivity index (χ2n) is 7.10. The minimum atomic E-state index is -0.112. The molecule has 2 aromatic rings. The Balaban J connectivity index is 1.70. The molecule has 2 aromatic heterocycles. The number of carbonyl (C=O) groups excluding carboxylic acids is 1. The third-order valence-electron chi connectivity index (χ3n) is 4.90. The number of likely N-dealkylation sites (N-methyl/N-ethyl adjacent to an activating group) is 1. The summed E-state index contributed by atoms with van der Waals surface area (Å²) >= 11 is 1.50. The van der Waals surface area contributed by atoms with Gasteiger partial charge in [0.15, 0.2) is 10.9 Å². The molecule has 0 aromatic carbocycles. The van der Waals surface area contributed by atoms with Gasteiger partial charge in [0.25, 0.3) is 5.91 Å². The summed E-state index contributed by atoms with van der Waals surface area (Å²) < 4.78 is 11.0. The van der Waals surface area contributed by atoms with Crippen molar-refractivity contribution >= 4 is 23.5 Å². The second kappa shape index (κ2) is 10.1. The van der Waals surface area contributed by atoms with Crippen LogP contribution in [0.2, 0.25) is 0 Å². The smallest absolute Gasteiger partial charge is 0.289 e. The van der Waals surface area contributed by atoms with Crippen LogP contribution in [-0.4, -0.2) is 79.6 Å². The normalized spacial score (nSPS) is 15.0. The number of piperazine rings is 1. The summed E-state index contributed by atoms with van der Waals surface area (Å²) in [5, 5.41) is 0.684. The summed E-state index contributed by atoms with van der Waals surface area (Å²) in [6, 6.07) is 5.56. The lowest BCUT2D eigenvalue weighted by Gasteiger charge is -2.33. The van der Waals surface area contributed by atoms with E-state index < -0.39 is 0 Å². The molecule has 1 aliphatic heterocycles. The Kier molecular flexibility index (Phi) is 7.51. The molecule has 8 nitrogen and oxygen atoms in total. The molecular weight excluding hydrogens is 390 g/mol. The van der Waals surface area contributed by atoms with E-state index in [1.807, 2.05) is 19.1 Å². The Bertz CT molecular complexity index is 820. The molecule has 9 heteroatoms. The molecule has 0 unspecified atom stereocenters. The molecule has 0 N–H and O–H groups in total. The zero-order valence-corrected chi connectivity index (χ0v) is 18.4. The monoisotopic (exact) mass is 419 g/mol. The van der Waals surface area contributed by atoms with Crippen LogP contribution in [0.3, 0.4) is 0 Å². The molecule has 3 rings (SSSR count). The van der Waals surface area contributed by atoms with Gasteiger partial charge in [0.1, 0.15) is 11.6 Å². The van der Waals surface area contributed by atoms with Gasteiger partial charge < -0.3 is 23.9 Å². The first kappa shape index (κ1) is 21.6. The van der Waals surface area contributed by atoms with Gasteiger partial charge in [0.2, 0.25) is 0 Å². The number of furan rings is 1. The van der Waals surface area contributed by atoms with Gasteiger partial charge in [-0.3, -0.25) is 4.79 Å². The van der Waals surface area contributed by atoms with Crippen LogP contribution in [0.4, 0.5) is 5.82 Å². The topological polar surface area (TPSA) is 74.9 Å². The van der Waals surface area contributed by atoms with Gasteiger partial charge in [-0.25, -0.2) is 9.97 Å². The van der Waals surface area contributed by atoms with E-state index in [4.69, 9.17) is 14.1 Å². The lowest BCUT2D eigenvalue weighted by Crippen LogP contribution is -2.44. The zero-order valence-electron chi connectivity index (χ0n) is 17.6. The molecule has 29 heavy (non-hydrogen) atoms. The average molecular weight is 420 g/mol. The predicted molar refractivity (Wildman–Crippen MR) is 113 cm³/mol. The van der Waals surface area contributed by atoms with E-state index in [2.05, 4.69) is 21.8 Å². The highest BCUT2D eigenvalue weighted by molar-refractivity contribution is 7.98. The summed E-state index contributed by atoms with van der Waals surface area (Å²) in [4.78, 5) is 27.8. The van der Waals surface area contributed by atoms with E-state index in [1.54, 1.807) is 25.1 Å². The molecule has 158 valence electrons. The number of aromatic nitrogens is 2. The third kappa shape index (κ3) is 5.71. The molecule has 0 saturated carbocycles. The van der Waals surface area contributed by atoms with Crippen LogP contribution in [0.1, 0.15) is 28.9 Å². The molecule has 0 spiro atoms. The second-order valence-corrected chi connectivity index (χ2v) is 8.04. The fourth-order valence-electron chi connectivity index (χ4n) is 2.98. The Morgan fingerprint density at radius 3 is 2.72 bits per heavy atom. The summed E-state index contributed by atoms with van der Waals surface area (Å²) in [5.74, 6) is 2.46. The van der Waals surface area contributed by atoms with Crippen molar-refractivity contribution < 1.29 is 13.9 Å². The number of hydrogen-bond acceptors (Lipinski definition) is 8. The predicted octanol–water partition coefficient (Wildman–Crippen LogP) is 2.35. The quantitative estimate of drug-likeness (QED) is 0.477. The highest BCUT2D eigenvalue weighted by Crippen LogP contribution is 2.25. The van der Waals surface area contributed by atoms with E-state index in [9.17, 15) is 4.79 Å². The standard InChI is InChI=1S/C20H29N5O3S/c1-5-24(3)19(26)17-7-6-16(28-17)14-29-20-21-15(13-27-4)12-18(22-20)25-10-8-23(2)9-11-25/h6-7,12H,5,8-11,13-14H2,1-4H3. The Morgan fingerprint density at radius 2 is 2.03 bits per heavy atom. The number of rotatable bonds is 8. The maximum absolute atomic E-state index is 12.2. The maximum atomic E-state index is 12.2. The lowest BCUT2D eigenvalue weighted by molar-refractivity contribution is 0.0769. The van der Waals surface area contributed by atoms with Crippen LogP contribution < -0.4 is 4.90 Å². The number of nitrogens with zero attached hydrogens (tertiary/aromatic N) is 5. The van der Waals surface area contributed by atoms with Gasteiger partial charge in [-0.2, -0.15) is 0 Å². The molecule has 0 aliphatic carbocycles. The first-order valence-corrected chi connectivity index (χ1v) is 10.8. The molecule has 0 bridgehead atoms. The van der Waals surface area contributed by atoms with Crippen LogP contribution in [-0.2, 0) is 17.1 Å². The van der Waals surface area contributed by atoms with Crippen molar-refractivity contribution in [3.63, 3.8) is 0 Å². The minimum Gasteiger partial charge on any atom is -0.455 e. The number of methoxy groups -OCH3 is 1. The molecule has 1 amide bonds. The van der Waals surface area contributed by atoms with Crippen molar-refractivity contribution in [2.75, 3.05) is 58.8 Å². The average Bonchev–Trinajstić information content (AvgIpc) is 3.21. The van der Waals surface area contributed by atoms with Crippen molar-refractivity contribution in [1.29, 1.82) is 0 Å². The van der Waals surface area contributed by atoms with Crippen molar-refractivity contribution in [2.24, 2.45) is 0 Å². The summed E-state index contributed by atoms with van der Waals surface area (Å²) in [6.07, 6.45) is 0. The van der Waals surface area contributed by atoms with E-state index in [0.717, 1.165) is 43.5 Å². The fraction of sp³-hybridized carbons (Fsp3) is 0.550. The van der Waals surface area contributed by atoms with Crippen LogP contribution in [0.25, 0.3) is 0 Å². The Hall–Kier alpha value is -2.10. The van der Waals surface area contributed by atoms with Crippen LogP contribution in [0.5, 0.6) is 0 Å². The van der Waals surface area contributed by atoms with E-state index in [1.165, 1.54) is 11.8 Å². The van der Waals surface area contributed by atoms with Gasteiger partial charge >= 0.3 is 0 Å². The van der Waals surface area contributed by atoms with Gasteiger partial charge in [-0.05, 0) is 26.1 Å². The molecule has 1 saturated heterocycles. The SMILES string of the molecule is CCN(C)C(=O)c1ccc(CSc2nc(COC)cc(N3CCN(C)CC3)n2)o1. The first-order chi connectivity index (χ1) is 14.0. The largest absolute Gasteiger partial charge is 0.455 e. The minimum absolute atomic E-state index is 0.112. The molecular formula is C20H29N5O3S. The van der Waals surface area contributed by atoms with E-state index in [-0.39, 0.29) is 5.91 Å². The van der Waals surface area contributed by atoms with Gasteiger partial charge in [0.05, 0.1) is 18.1 Å². The number of amides is 1. The van der Waals surface area contributed by atoms with Gasteiger partial charge in [-0.15, -0.1) is 0 Å². The zero-order chi connectivity index (χ0) is 20.8. The van der Waals surface area contributed by atoms with Crippen molar-refractivity contribution in [3.05, 3.63) is 35.4 Å². The molecule has 3 heterocycles. The summed E-state index contributed by atoms with van der Waals surface area (Å²) in [5.41, 5.74) is 0.860. The molecule has 1 aliphatic rings. The Labute approximate surface area is 176 Å². The number of hydrogen-bond donors (Lipinski definition) is 0. The number of ether oxygens (including phenoxy) is 1. The van der Waals surface area contributed by atoms with Crippen LogP contribution in [0, 0.1) is 0 Å². The van der Waals surface area contributed by atoms with Crippen LogP contribution >= 0.6 is 11.8 Å².